The first kappa shape index (κ1) is 10.3. The predicted octanol–water partition coefficient (Wildman–Crippen LogP) is 3.99. The second-order valence-corrected chi connectivity index (χ2v) is 4.54. The highest BCUT2D eigenvalue weighted by atomic mass is 14.2. The molecule has 0 fully saturated rings. The Bertz CT molecular complexity index is 295. The van der Waals surface area contributed by atoms with Crippen molar-refractivity contribution in [1.82, 2.24) is 0 Å². The summed E-state index contributed by atoms with van der Waals surface area (Å²) in [6.45, 7) is 11.2. The van der Waals surface area contributed by atoms with Crippen LogP contribution in [0.1, 0.15) is 43.9 Å². The summed E-state index contributed by atoms with van der Waals surface area (Å²) in [5.74, 6) is 0. The molecule has 1 rings (SSSR count). The van der Waals surface area contributed by atoms with Crippen LogP contribution in [0.25, 0.3) is 0 Å². The summed E-state index contributed by atoms with van der Waals surface area (Å²) in [5, 5.41) is 0. The fraction of sp³-hybridized carbons (Fsp3) is 0.538. The average molecular weight is 176 g/mol. The van der Waals surface area contributed by atoms with Crippen molar-refractivity contribution in [1.29, 1.82) is 0 Å². The van der Waals surface area contributed by atoms with E-state index in [1.807, 2.05) is 0 Å². The fourth-order valence-electron chi connectivity index (χ4n) is 1.37. The van der Waals surface area contributed by atoms with Gasteiger partial charge >= 0.3 is 0 Å². The van der Waals surface area contributed by atoms with Gasteiger partial charge in [-0.2, -0.15) is 0 Å². The van der Waals surface area contributed by atoms with E-state index in [0.29, 0.717) is 5.41 Å². The molecular weight excluding hydrogens is 156 g/mol. The SMILES string of the molecule is CCC(C)(C)c1ccc(C)c(C)c1. The van der Waals surface area contributed by atoms with Crippen LogP contribution in [-0.4, -0.2) is 0 Å². The van der Waals surface area contributed by atoms with Crippen molar-refractivity contribution < 1.29 is 0 Å². The van der Waals surface area contributed by atoms with Crippen molar-refractivity contribution in [2.24, 2.45) is 0 Å². The van der Waals surface area contributed by atoms with Crippen LogP contribution >= 0.6 is 0 Å². The number of hydrogen-bond acceptors (Lipinski definition) is 0. The molecule has 0 atom stereocenters. The van der Waals surface area contributed by atoms with Gasteiger partial charge < -0.3 is 0 Å². The van der Waals surface area contributed by atoms with Crippen LogP contribution in [-0.2, 0) is 5.41 Å². The van der Waals surface area contributed by atoms with Gasteiger partial charge in [0.15, 0.2) is 0 Å². The molecule has 0 aliphatic carbocycles. The molecule has 0 unspecified atom stereocenters. The minimum Gasteiger partial charge on any atom is -0.0646 e. The lowest BCUT2D eigenvalue weighted by Gasteiger charge is -2.24. The Morgan fingerprint density at radius 2 is 1.69 bits per heavy atom. The zero-order chi connectivity index (χ0) is 10.1. The molecule has 0 saturated carbocycles. The van der Waals surface area contributed by atoms with Gasteiger partial charge in [-0.3, -0.25) is 0 Å². The van der Waals surface area contributed by atoms with Crippen LogP contribution in [0.15, 0.2) is 18.2 Å². The topological polar surface area (TPSA) is 0 Å². The monoisotopic (exact) mass is 176 g/mol. The molecule has 0 aliphatic heterocycles. The molecule has 0 nitrogen and oxygen atoms in total. The second-order valence-electron chi connectivity index (χ2n) is 4.54. The Kier molecular flexibility index (Phi) is 2.80. The summed E-state index contributed by atoms with van der Waals surface area (Å²) < 4.78 is 0. The summed E-state index contributed by atoms with van der Waals surface area (Å²) in [6, 6.07) is 6.80. The standard InChI is InChI=1S/C13H20/c1-6-13(4,5)12-8-7-10(2)11(3)9-12/h7-9H,6H2,1-5H3. The molecule has 1 aromatic rings. The molecule has 0 aromatic heterocycles. The van der Waals surface area contributed by atoms with E-state index in [-0.39, 0.29) is 0 Å². The first-order valence-electron chi connectivity index (χ1n) is 5.05. The van der Waals surface area contributed by atoms with Gasteiger partial charge in [0.1, 0.15) is 0 Å². The lowest BCUT2D eigenvalue weighted by Crippen LogP contribution is -2.15. The number of benzene rings is 1. The number of aryl methyl sites for hydroxylation is 2. The molecule has 0 spiro atoms. The highest BCUT2D eigenvalue weighted by Gasteiger charge is 2.17. The maximum atomic E-state index is 2.32. The Hall–Kier alpha value is -0.780. The van der Waals surface area contributed by atoms with Crippen LogP contribution in [0, 0.1) is 13.8 Å². The van der Waals surface area contributed by atoms with Gasteiger partial charge in [-0.25, -0.2) is 0 Å². The Balaban J connectivity index is 3.10. The molecule has 72 valence electrons. The molecular formula is C13H20. The maximum Gasteiger partial charge on any atom is -0.0106 e. The van der Waals surface area contributed by atoms with Crippen LogP contribution in [0.5, 0.6) is 0 Å². The molecule has 0 amide bonds. The molecule has 0 bridgehead atoms. The zero-order valence-corrected chi connectivity index (χ0v) is 9.44. The van der Waals surface area contributed by atoms with Gasteiger partial charge in [0.25, 0.3) is 0 Å². The van der Waals surface area contributed by atoms with E-state index >= 15 is 0 Å². The average Bonchev–Trinajstić information content (AvgIpc) is 2.09. The largest absolute Gasteiger partial charge is 0.0646 e. The van der Waals surface area contributed by atoms with E-state index in [1.165, 1.54) is 23.1 Å². The molecule has 1 aromatic carbocycles. The van der Waals surface area contributed by atoms with Crippen LogP contribution in [0.4, 0.5) is 0 Å². The van der Waals surface area contributed by atoms with Crippen LogP contribution < -0.4 is 0 Å². The smallest absolute Gasteiger partial charge is 0.0106 e. The molecule has 0 aliphatic rings. The molecule has 13 heavy (non-hydrogen) atoms. The Labute approximate surface area is 82.0 Å². The third kappa shape index (κ3) is 2.12. The maximum absolute atomic E-state index is 2.32. The van der Waals surface area contributed by atoms with Gasteiger partial charge in [-0.05, 0) is 42.4 Å². The van der Waals surface area contributed by atoms with Crippen molar-refractivity contribution in [2.45, 2.75) is 46.5 Å². The number of rotatable bonds is 2. The van der Waals surface area contributed by atoms with Gasteiger partial charge in [0.2, 0.25) is 0 Å². The van der Waals surface area contributed by atoms with Gasteiger partial charge in [-0.15, -0.1) is 0 Å². The van der Waals surface area contributed by atoms with Crippen LogP contribution in [0.3, 0.4) is 0 Å². The van der Waals surface area contributed by atoms with E-state index in [2.05, 4.69) is 52.8 Å². The van der Waals surface area contributed by atoms with E-state index in [0.717, 1.165) is 0 Å². The van der Waals surface area contributed by atoms with E-state index in [9.17, 15) is 0 Å². The van der Waals surface area contributed by atoms with Gasteiger partial charge in [0, 0.05) is 0 Å². The molecule has 0 heteroatoms. The first-order chi connectivity index (χ1) is 5.97. The quantitative estimate of drug-likeness (QED) is 0.639. The third-order valence-corrected chi connectivity index (χ3v) is 3.17. The Morgan fingerprint density at radius 3 is 2.15 bits per heavy atom. The summed E-state index contributed by atoms with van der Waals surface area (Å²) >= 11 is 0. The van der Waals surface area contributed by atoms with E-state index in [4.69, 9.17) is 0 Å². The summed E-state index contributed by atoms with van der Waals surface area (Å²) in [7, 11) is 0. The number of hydrogen-bond donors (Lipinski definition) is 0. The molecule has 0 N–H and O–H groups in total. The normalized spacial score (nSPS) is 11.8. The first-order valence-corrected chi connectivity index (χ1v) is 5.05. The minimum absolute atomic E-state index is 0.318. The highest BCUT2D eigenvalue weighted by Crippen LogP contribution is 2.27. The summed E-state index contributed by atoms with van der Waals surface area (Å²) in [4.78, 5) is 0. The lowest BCUT2D eigenvalue weighted by atomic mass is 9.81. The third-order valence-electron chi connectivity index (χ3n) is 3.17. The van der Waals surface area contributed by atoms with Crippen molar-refractivity contribution in [3.05, 3.63) is 34.9 Å². The van der Waals surface area contributed by atoms with Crippen molar-refractivity contribution in [3.8, 4) is 0 Å². The molecule has 0 heterocycles. The molecule has 0 radical (unpaired) electrons. The Morgan fingerprint density at radius 1 is 1.08 bits per heavy atom. The minimum atomic E-state index is 0.318. The van der Waals surface area contributed by atoms with E-state index < -0.39 is 0 Å². The van der Waals surface area contributed by atoms with Crippen LogP contribution in [0.2, 0.25) is 0 Å². The zero-order valence-electron chi connectivity index (χ0n) is 9.44. The van der Waals surface area contributed by atoms with E-state index in [1.54, 1.807) is 0 Å². The highest BCUT2D eigenvalue weighted by molar-refractivity contribution is 5.33. The van der Waals surface area contributed by atoms with Gasteiger partial charge in [-0.1, -0.05) is 39.0 Å². The summed E-state index contributed by atoms with van der Waals surface area (Å²) in [6.07, 6.45) is 1.19. The predicted molar refractivity (Wildman–Crippen MR) is 59.2 cm³/mol. The van der Waals surface area contributed by atoms with Gasteiger partial charge in [0.05, 0.1) is 0 Å². The molecule has 0 saturated heterocycles. The fourth-order valence-corrected chi connectivity index (χ4v) is 1.37. The lowest BCUT2D eigenvalue weighted by molar-refractivity contribution is 0.506. The van der Waals surface area contributed by atoms with Crippen molar-refractivity contribution >= 4 is 0 Å². The summed E-state index contributed by atoms with van der Waals surface area (Å²) in [5.41, 5.74) is 4.56. The second kappa shape index (κ2) is 3.53. The van der Waals surface area contributed by atoms with Crippen molar-refractivity contribution in [2.75, 3.05) is 0 Å². The van der Waals surface area contributed by atoms with Crippen molar-refractivity contribution in [3.63, 3.8) is 0 Å².